The van der Waals surface area contributed by atoms with Gasteiger partial charge < -0.3 is 10.6 Å². The average Bonchev–Trinajstić information content (AvgIpc) is 2.76. The summed E-state index contributed by atoms with van der Waals surface area (Å²) in [4.78, 5) is 14.5. The number of fused-ring (bicyclic) bond motifs is 2. The minimum absolute atomic E-state index is 0.0670. The number of aryl methyl sites for hydroxylation is 1. The number of hydrogen-bond acceptors (Lipinski definition) is 3. The molecular formula is C16H22BrN3O. The van der Waals surface area contributed by atoms with E-state index in [2.05, 4.69) is 31.5 Å². The van der Waals surface area contributed by atoms with Crippen LogP contribution in [0.3, 0.4) is 0 Å². The molecule has 2 N–H and O–H groups in total. The van der Waals surface area contributed by atoms with Crippen molar-refractivity contribution in [1.29, 1.82) is 0 Å². The molecular weight excluding hydrogens is 330 g/mol. The van der Waals surface area contributed by atoms with Gasteiger partial charge in [-0.15, -0.1) is 0 Å². The summed E-state index contributed by atoms with van der Waals surface area (Å²) in [5, 5.41) is 6.64. The van der Waals surface area contributed by atoms with E-state index in [0.717, 1.165) is 29.7 Å². The summed E-state index contributed by atoms with van der Waals surface area (Å²) in [5.41, 5.74) is 2.02. The molecule has 2 saturated heterocycles. The van der Waals surface area contributed by atoms with Gasteiger partial charge in [-0.2, -0.15) is 0 Å². The first-order chi connectivity index (χ1) is 10.1. The molecule has 0 aliphatic carbocycles. The van der Waals surface area contributed by atoms with Crippen molar-refractivity contribution in [1.82, 2.24) is 10.2 Å². The van der Waals surface area contributed by atoms with Gasteiger partial charge in [0.2, 0.25) is 5.91 Å². The van der Waals surface area contributed by atoms with Crippen molar-refractivity contribution < 1.29 is 4.79 Å². The van der Waals surface area contributed by atoms with E-state index in [9.17, 15) is 4.79 Å². The van der Waals surface area contributed by atoms with Crippen LogP contribution in [0.2, 0.25) is 0 Å². The summed E-state index contributed by atoms with van der Waals surface area (Å²) in [5.74, 6) is 0.0670. The number of nitrogens with zero attached hydrogens (tertiary/aromatic N) is 1. The summed E-state index contributed by atoms with van der Waals surface area (Å²) in [7, 11) is 0. The normalized spacial score (nSPS) is 25.6. The summed E-state index contributed by atoms with van der Waals surface area (Å²) in [6.45, 7) is 4.51. The highest BCUT2D eigenvalue weighted by atomic mass is 79.9. The van der Waals surface area contributed by atoms with Crippen LogP contribution in [-0.2, 0) is 4.79 Å². The molecule has 0 spiro atoms. The van der Waals surface area contributed by atoms with Gasteiger partial charge in [0.15, 0.2) is 0 Å². The highest BCUT2D eigenvalue weighted by Crippen LogP contribution is 2.24. The van der Waals surface area contributed by atoms with E-state index in [1.54, 1.807) is 0 Å². The standard InChI is InChI=1S/C16H22BrN3O/c1-11-2-5-15(14(17)8-11)19-16(21)10-20-7-6-12-3-4-13(9-20)18-12/h2,5,8,12-13,18H,3-4,6-7,9-10H2,1H3,(H,19,21). The maximum atomic E-state index is 12.2. The number of anilines is 1. The molecule has 2 heterocycles. The molecule has 2 fully saturated rings. The number of nitrogens with one attached hydrogen (secondary N) is 2. The quantitative estimate of drug-likeness (QED) is 0.879. The molecule has 2 bridgehead atoms. The van der Waals surface area contributed by atoms with Crippen LogP contribution in [0.5, 0.6) is 0 Å². The first kappa shape index (κ1) is 15.0. The second kappa shape index (κ2) is 6.46. The smallest absolute Gasteiger partial charge is 0.238 e. The fourth-order valence-corrected chi connectivity index (χ4v) is 3.87. The lowest BCUT2D eigenvalue weighted by Gasteiger charge is -2.23. The van der Waals surface area contributed by atoms with Crippen molar-refractivity contribution in [2.75, 3.05) is 25.0 Å². The third kappa shape index (κ3) is 3.84. The van der Waals surface area contributed by atoms with Crippen molar-refractivity contribution in [2.24, 2.45) is 0 Å². The Hall–Kier alpha value is -0.910. The topological polar surface area (TPSA) is 44.4 Å². The molecule has 3 rings (SSSR count). The SMILES string of the molecule is Cc1ccc(NC(=O)CN2CCC3CCC(C2)N3)c(Br)c1. The number of carbonyl (C=O) groups excluding carboxylic acids is 1. The number of rotatable bonds is 3. The van der Waals surface area contributed by atoms with E-state index in [1.807, 2.05) is 25.1 Å². The van der Waals surface area contributed by atoms with Gasteiger partial charge in [-0.1, -0.05) is 6.07 Å². The molecule has 114 valence electrons. The predicted octanol–water partition coefficient (Wildman–Crippen LogP) is 2.52. The maximum absolute atomic E-state index is 12.2. The Morgan fingerprint density at radius 3 is 3.00 bits per heavy atom. The molecule has 21 heavy (non-hydrogen) atoms. The fourth-order valence-electron chi connectivity index (χ4n) is 3.27. The summed E-state index contributed by atoms with van der Waals surface area (Å²) in [6, 6.07) is 7.20. The largest absolute Gasteiger partial charge is 0.324 e. The lowest BCUT2D eigenvalue weighted by atomic mass is 10.1. The molecule has 2 aliphatic rings. The fraction of sp³-hybridized carbons (Fsp3) is 0.562. The van der Waals surface area contributed by atoms with Crippen LogP contribution in [0.1, 0.15) is 24.8 Å². The summed E-state index contributed by atoms with van der Waals surface area (Å²) in [6.07, 6.45) is 3.69. The van der Waals surface area contributed by atoms with Crippen molar-refractivity contribution in [3.05, 3.63) is 28.2 Å². The molecule has 0 saturated carbocycles. The van der Waals surface area contributed by atoms with Crippen molar-refractivity contribution >= 4 is 27.5 Å². The second-order valence-corrected chi connectivity index (χ2v) is 7.05. The van der Waals surface area contributed by atoms with Gasteiger partial charge in [0.25, 0.3) is 0 Å². The predicted molar refractivity (Wildman–Crippen MR) is 88.5 cm³/mol. The number of hydrogen-bond donors (Lipinski definition) is 2. The highest BCUT2D eigenvalue weighted by molar-refractivity contribution is 9.10. The molecule has 0 radical (unpaired) electrons. The van der Waals surface area contributed by atoms with Crippen LogP contribution in [-0.4, -0.2) is 42.5 Å². The molecule has 5 heteroatoms. The van der Waals surface area contributed by atoms with Gasteiger partial charge in [-0.3, -0.25) is 9.69 Å². The van der Waals surface area contributed by atoms with Crippen LogP contribution in [0.4, 0.5) is 5.69 Å². The first-order valence-corrected chi connectivity index (χ1v) is 8.44. The van der Waals surface area contributed by atoms with Crippen molar-refractivity contribution in [2.45, 2.75) is 38.3 Å². The lowest BCUT2D eigenvalue weighted by Crippen LogP contribution is -2.39. The van der Waals surface area contributed by atoms with E-state index in [-0.39, 0.29) is 5.91 Å². The van der Waals surface area contributed by atoms with E-state index < -0.39 is 0 Å². The van der Waals surface area contributed by atoms with Gasteiger partial charge >= 0.3 is 0 Å². The Labute approximate surface area is 134 Å². The Morgan fingerprint density at radius 1 is 1.38 bits per heavy atom. The van der Waals surface area contributed by atoms with Crippen LogP contribution < -0.4 is 10.6 Å². The molecule has 0 aromatic heterocycles. The molecule has 1 aromatic rings. The van der Waals surface area contributed by atoms with Gasteiger partial charge in [-0.05, 0) is 59.8 Å². The summed E-state index contributed by atoms with van der Waals surface area (Å²) >= 11 is 3.50. The van der Waals surface area contributed by atoms with Crippen LogP contribution in [0.25, 0.3) is 0 Å². The summed E-state index contributed by atoms with van der Waals surface area (Å²) < 4.78 is 0.937. The first-order valence-electron chi connectivity index (χ1n) is 7.64. The number of benzene rings is 1. The molecule has 2 aliphatic heterocycles. The zero-order valence-electron chi connectivity index (χ0n) is 12.4. The Kier molecular flexibility index (Phi) is 4.62. The second-order valence-electron chi connectivity index (χ2n) is 6.19. The zero-order chi connectivity index (χ0) is 14.8. The van der Waals surface area contributed by atoms with Gasteiger partial charge in [0, 0.05) is 29.6 Å². The Balaban J connectivity index is 1.56. The van der Waals surface area contributed by atoms with E-state index >= 15 is 0 Å². The number of likely N-dealkylation sites (tertiary alicyclic amines) is 1. The zero-order valence-corrected chi connectivity index (χ0v) is 13.9. The Bertz CT molecular complexity index is 534. The third-order valence-corrected chi connectivity index (χ3v) is 5.03. The van der Waals surface area contributed by atoms with Crippen LogP contribution in [0.15, 0.2) is 22.7 Å². The third-order valence-electron chi connectivity index (χ3n) is 4.37. The highest BCUT2D eigenvalue weighted by Gasteiger charge is 2.29. The van der Waals surface area contributed by atoms with Gasteiger partial charge in [-0.25, -0.2) is 0 Å². The van der Waals surface area contributed by atoms with Crippen molar-refractivity contribution in [3.63, 3.8) is 0 Å². The van der Waals surface area contributed by atoms with Crippen LogP contribution >= 0.6 is 15.9 Å². The maximum Gasteiger partial charge on any atom is 0.238 e. The molecule has 2 atom stereocenters. The lowest BCUT2D eigenvalue weighted by molar-refractivity contribution is -0.117. The molecule has 1 aromatic carbocycles. The number of halogens is 1. The number of amides is 1. The van der Waals surface area contributed by atoms with Gasteiger partial charge in [0.1, 0.15) is 0 Å². The average molecular weight is 352 g/mol. The van der Waals surface area contributed by atoms with E-state index in [4.69, 9.17) is 0 Å². The van der Waals surface area contributed by atoms with Crippen LogP contribution in [0, 0.1) is 6.92 Å². The Morgan fingerprint density at radius 2 is 2.19 bits per heavy atom. The van der Waals surface area contributed by atoms with E-state index in [0.29, 0.717) is 18.6 Å². The molecule has 2 unspecified atom stereocenters. The number of carbonyl (C=O) groups is 1. The molecule has 4 nitrogen and oxygen atoms in total. The minimum Gasteiger partial charge on any atom is -0.324 e. The van der Waals surface area contributed by atoms with Crippen molar-refractivity contribution in [3.8, 4) is 0 Å². The van der Waals surface area contributed by atoms with E-state index in [1.165, 1.54) is 18.4 Å². The molecule has 1 amide bonds. The van der Waals surface area contributed by atoms with Gasteiger partial charge in [0.05, 0.1) is 12.2 Å². The monoisotopic (exact) mass is 351 g/mol. The minimum atomic E-state index is 0.0670.